The van der Waals surface area contributed by atoms with Crippen LogP contribution in [-0.4, -0.2) is 63.0 Å². The highest BCUT2D eigenvalue weighted by Gasteiger charge is 2.29. The maximum Gasteiger partial charge on any atom is 0.191 e. The number of guanidine groups is 1. The van der Waals surface area contributed by atoms with Crippen molar-refractivity contribution in [3.05, 3.63) is 35.4 Å². The summed E-state index contributed by atoms with van der Waals surface area (Å²) in [4.78, 5) is 7.34. The lowest BCUT2D eigenvalue weighted by molar-refractivity contribution is 0.251. The molecule has 3 rings (SSSR count). The highest BCUT2D eigenvalue weighted by atomic mass is 32.2. The minimum atomic E-state index is -2.90. The summed E-state index contributed by atoms with van der Waals surface area (Å²) < 4.78 is 23.5. The third-order valence-corrected chi connectivity index (χ3v) is 7.15. The number of hydrogen-bond donors (Lipinski definition) is 2. The number of nitrogens with zero attached hydrogens (tertiary/aromatic N) is 2. The first kappa shape index (κ1) is 20.1. The van der Waals surface area contributed by atoms with Crippen LogP contribution in [0, 0.1) is 6.92 Å². The Morgan fingerprint density at radius 3 is 2.56 bits per heavy atom. The number of hydrogen-bond acceptors (Lipinski definition) is 4. The monoisotopic (exact) mass is 392 g/mol. The van der Waals surface area contributed by atoms with Crippen LogP contribution in [0.3, 0.4) is 0 Å². The molecular weight excluding hydrogens is 360 g/mol. The third-order valence-electron chi connectivity index (χ3n) is 5.38. The third kappa shape index (κ3) is 5.69. The molecule has 0 spiro atoms. The molecule has 1 aromatic carbocycles. The Morgan fingerprint density at radius 2 is 1.96 bits per heavy atom. The van der Waals surface area contributed by atoms with Gasteiger partial charge in [0.1, 0.15) is 0 Å². The van der Waals surface area contributed by atoms with Gasteiger partial charge < -0.3 is 10.6 Å². The molecule has 1 aromatic rings. The van der Waals surface area contributed by atoms with E-state index in [2.05, 4.69) is 46.7 Å². The number of sulfone groups is 1. The van der Waals surface area contributed by atoms with Crippen LogP contribution in [0.1, 0.15) is 43.4 Å². The first-order valence-corrected chi connectivity index (χ1v) is 11.8. The van der Waals surface area contributed by atoms with E-state index < -0.39 is 9.84 Å². The average Bonchev–Trinajstić information content (AvgIpc) is 3.26. The summed E-state index contributed by atoms with van der Waals surface area (Å²) in [5.74, 6) is 1.19. The van der Waals surface area contributed by atoms with Crippen molar-refractivity contribution < 1.29 is 8.42 Å². The number of nitrogens with one attached hydrogen (secondary N) is 2. The highest BCUT2D eigenvalue weighted by Crippen LogP contribution is 2.25. The second kappa shape index (κ2) is 9.06. The predicted octanol–water partition coefficient (Wildman–Crippen LogP) is 1.87. The summed E-state index contributed by atoms with van der Waals surface area (Å²) in [7, 11) is -2.90. The van der Waals surface area contributed by atoms with Gasteiger partial charge in [-0.2, -0.15) is 0 Å². The predicted molar refractivity (Wildman–Crippen MR) is 111 cm³/mol. The zero-order valence-corrected chi connectivity index (χ0v) is 17.3. The molecule has 2 N–H and O–H groups in total. The Labute approximate surface area is 163 Å². The molecule has 0 amide bonds. The van der Waals surface area contributed by atoms with Crippen LogP contribution in [-0.2, 0) is 9.84 Å². The molecular formula is C20H32N4O2S. The van der Waals surface area contributed by atoms with Gasteiger partial charge in [0.25, 0.3) is 0 Å². The molecule has 0 bridgehead atoms. The molecule has 2 aliphatic rings. The minimum Gasteiger partial charge on any atom is -0.357 e. The number of benzene rings is 1. The van der Waals surface area contributed by atoms with Crippen molar-refractivity contribution in [2.24, 2.45) is 4.99 Å². The Morgan fingerprint density at radius 1 is 1.26 bits per heavy atom. The van der Waals surface area contributed by atoms with Gasteiger partial charge in [0.2, 0.25) is 0 Å². The van der Waals surface area contributed by atoms with Gasteiger partial charge in [0, 0.05) is 12.6 Å². The highest BCUT2D eigenvalue weighted by molar-refractivity contribution is 7.91. The van der Waals surface area contributed by atoms with E-state index in [1.54, 1.807) is 0 Å². The van der Waals surface area contributed by atoms with Crippen molar-refractivity contribution in [2.45, 2.75) is 45.2 Å². The molecule has 2 unspecified atom stereocenters. The van der Waals surface area contributed by atoms with Crippen LogP contribution in [0.2, 0.25) is 0 Å². The maximum atomic E-state index is 11.7. The number of rotatable bonds is 6. The van der Waals surface area contributed by atoms with Crippen LogP contribution in [0.4, 0.5) is 0 Å². The molecule has 6 nitrogen and oxygen atoms in total. The minimum absolute atomic E-state index is 0.0441. The van der Waals surface area contributed by atoms with E-state index in [1.807, 2.05) is 6.92 Å². The lowest BCUT2D eigenvalue weighted by Crippen LogP contribution is -2.44. The lowest BCUT2D eigenvalue weighted by atomic mass is 10.0. The molecule has 0 aromatic heterocycles. The van der Waals surface area contributed by atoms with Crippen LogP contribution >= 0.6 is 0 Å². The van der Waals surface area contributed by atoms with Crippen molar-refractivity contribution in [1.82, 2.24) is 15.5 Å². The van der Waals surface area contributed by atoms with E-state index in [1.165, 1.54) is 24.0 Å². The Bertz CT molecular complexity index is 740. The fourth-order valence-electron chi connectivity index (χ4n) is 3.87. The van der Waals surface area contributed by atoms with Gasteiger partial charge in [-0.15, -0.1) is 0 Å². The molecule has 2 heterocycles. The zero-order chi connectivity index (χ0) is 19.3. The van der Waals surface area contributed by atoms with E-state index in [9.17, 15) is 8.42 Å². The molecule has 2 aliphatic heterocycles. The van der Waals surface area contributed by atoms with Gasteiger partial charge in [-0.3, -0.25) is 9.89 Å². The van der Waals surface area contributed by atoms with Crippen LogP contribution in [0.5, 0.6) is 0 Å². The maximum absolute atomic E-state index is 11.7. The lowest BCUT2D eigenvalue weighted by Gasteiger charge is -2.27. The number of likely N-dealkylation sites (tertiary alicyclic amines) is 1. The normalized spacial score (nSPS) is 24.1. The largest absolute Gasteiger partial charge is 0.357 e. The molecule has 150 valence electrons. The first-order chi connectivity index (χ1) is 13.0. The smallest absolute Gasteiger partial charge is 0.191 e. The van der Waals surface area contributed by atoms with Crippen molar-refractivity contribution in [1.29, 1.82) is 0 Å². The molecule has 2 saturated heterocycles. The molecule has 0 aliphatic carbocycles. The quantitative estimate of drug-likeness (QED) is 0.571. The molecule has 2 atom stereocenters. The van der Waals surface area contributed by atoms with E-state index >= 15 is 0 Å². The second-order valence-electron chi connectivity index (χ2n) is 7.63. The average molecular weight is 393 g/mol. The topological polar surface area (TPSA) is 73.8 Å². The van der Waals surface area contributed by atoms with Gasteiger partial charge in [-0.05, 0) is 51.8 Å². The molecule has 0 radical (unpaired) electrons. The summed E-state index contributed by atoms with van der Waals surface area (Å²) in [5, 5.41) is 6.59. The van der Waals surface area contributed by atoms with Crippen molar-refractivity contribution in [2.75, 3.05) is 37.7 Å². The number of aryl methyl sites for hydroxylation is 1. The van der Waals surface area contributed by atoms with E-state index in [0.717, 1.165) is 25.6 Å². The summed E-state index contributed by atoms with van der Waals surface area (Å²) in [6.45, 7) is 7.77. The Kier molecular flexibility index (Phi) is 6.76. The van der Waals surface area contributed by atoms with Gasteiger partial charge >= 0.3 is 0 Å². The summed E-state index contributed by atoms with van der Waals surface area (Å²) in [6, 6.07) is 8.95. The van der Waals surface area contributed by atoms with Crippen LogP contribution in [0.25, 0.3) is 0 Å². The molecule has 0 saturated carbocycles. The summed E-state index contributed by atoms with van der Waals surface area (Å²) in [5.41, 5.74) is 2.56. The summed E-state index contributed by atoms with van der Waals surface area (Å²) >= 11 is 0. The molecule has 2 fully saturated rings. The van der Waals surface area contributed by atoms with Gasteiger partial charge in [-0.25, -0.2) is 8.42 Å². The second-order valence-corrected chi connectivity index (χ2v) is 9.86. The standard InChI is InChI=1S/C20H32N4O2S/c1-3-21-20(23-18-10-13-27(25,26)15-18)22-14-19(24-11-4-5-12-24)17-8-6-16(2)7-9-17/h6-9,18-19H,3-5,10-15H2,1-2H3,(H2,21,22,23). The number of aliphatic imine (C=N–C) groups is 1. The van der Waals surface area contributed by atoms with Crippen molar-refractivity contribution >= 4 is 15.8 Å². The van der Waals surface area contributed by atoms with Crippen LogP contribution < -0.4 is 10.6 Å². The fourth-order valence-corrected chi connectivity index (χ4v) is 5.55. The van der Waals surface area contributed by atoms with Gasteiger partial charge in [0.05, 0.1) is 24.1 Å². The Hall–Kier alpha value is -1.60. The van der Waals surface area contributed by atoms with Crippen molar-refractivity contribution in [3.63, 3.8) is 0 Å². The van der Waals surface area contributed by atoms with E-state index in [4.69, 9.17) is 4.99 Å². The molecule has 7 heteroatoms. The zero-order valence-electron chi connectivity index (χ0n) is 16.4. The SMILES string of the molecule is CCNC(=NCC(c1ccc(C)cc1)N1CCCC1)NC1CCS(=O)(=O)C1. The van der Waals surface area contributed by atoms with Crippen molar-refractivity contribution in [3.8, 4) is 0 Å². The fraction of sp³-hybridized carbons (Fsp3) is 0.650. The Balaban J connectivity index is 1.72. The molecule has 27 heavy (non-hydrogen) atoms. The van der Waals surface area contributed by atoms with Crippen LogP contribution in [0.15, 0.2) is 29.3 Å². The van der Waals surface area contributed by atoms with Gasteiger partial charge in [-0.1, -0.05) is 29.8 Å². The van der Waals surface area contributed by atoms with Gasteiger partial charge in [0.15, 0.2) is 15.8 Å². The first-order valence-electron chi connectivity index (χ1n) is 10.0. The van der Waals surface area contributed by atoms with E-state index in [0.29, 0.717) is 13.0 Å². The summed E-state index contributed by atoms with van der Waals surface area (Å²) in [6.07, 6.45) is 3.13. The van der Waals surface area contributed by atoms with E-state index in [-0.39, 0.29) is 23.6 Å².